The second-order valence-electron chi connectivity index (χ2n) is 6.56. The first-order chi connectivity index (χ1) is 13.9. The number of halogens is 5. The van der Waals surface area contributed by atoms with Crippen molar-refractivity contribution < 1.29 is 22.7 Å². The number of alkyl halides is 3. The Kier molecular flexibility index (Phi) is 5.79. The second-order valence-corrected chi connectivity index (χ2v) is 8.16. The number of nitrogens with two attached hydrogens (primary N) is 1. The van der Waals surface area contributed by atoms with Gasteiger partial charge in [0, 0.05) is 5.56 Å². The van der Waals surface area contributed by atoms with E-state index >= 15 is 0 Å². The minimum Gasteiger partial charge on any atom is -0.406 e. The number of rotatable bonds is 5. The third-order valence-corrected chi connectivity index (χ3v) is 6.00. The molecule has 7 nitrogen and oxygen atoms in total. The summed E-state index contributed by atoms with van der Waals surface area (Å²) in [5.41, 5.74) is 4.90. The molecule has 0 aliphatic heterocycles. The largest absolute Gasteiger partial charge is 0.573 e. The molecule has 12 heteroatoms. The van der Waals surface area contributed by atoms with E-state index in [4.69, 9.17) is 5.73 Å². The Morgan fingerprint density at radius 1 is 1.30 bits per heavy atom. The number of fused-ring (bicyclic) bond motifs is 1. The van der Waals surface area contributed by atoms with E-state index in [1.165, 1.54) is 11.6 Å². The van der Waals surface area contributed by atoms with E-state index in [0.717, 1.165) is 18.2 Å². The molecule has 3 rings (SSSR count). The molecule has 0 radical (unpaired) electrons. The average Bonchev–Trinajstić information content (AvgIpc) is 3.01. The Morgan fingerprint density at radius 2 is 2.00 bits per heavy atom. The molecule has 2 aromatic heterocycles. The molecule has 1 atom stereocenters. The number of hydrogen-bond donors (Lipinski definition) is 1. The molecule has 0 saturated heterocycles. The van der Waals surface area contributed by atoms with Crippen molar-refractivity contribution >= 4 is 48.8 Å². The predicted octanol–water partition coefficient (Wildman–Crippen LogP) is 4.44. The number of nitrogens with zero attached hydrogens (tertiary/aromatic N) is 4. The SMILES string of the molecule is CC(C#N)(Cn1cc2nc(Br)c(Br)cc2n1)c1cc(OC(F)(F)F)ccc1C(N)=O. The van der Waals surface area contributed by atoms with Crippen LogP contribution in [-0.2, 0) is 12.0 Å². The van der Waals surface area contributed by atoms with Crippen molar-refractivity contribution in [1.29, 1.82) is 5.26 Å². The van der Waals surface area contributed by atoms with Crippen molar-refractivity contribution in [2.45, 2.75) is 25.2 Å². The quantitative estimate of drug-likeness (QED) is 0.476. The van der Waals surface area contributed by atoms with Gasteiger partial charge in [0.05, 0.1) is 28.7 Å². The van der Waals surface area contributed by atoms with Crippen LogP contribution in [0.25, 0.3) is 11.0 Å². The average molecular weight is 547 g/mol. The summed E-state index contributed by atoms with van der Waals surface area (Å²) >= 11 is 6.62. The second kappa shape index (κ2) is 7.88. The third kappa shape index (κ3) is 4.57. The van der Waals surface area contributed by atoms with Crippen LogP contribution < -0.4 is 10.5 Å². The van der Waals surface area contributed by atoms with Crippen molar-refractivity contribution in [3.8, 4) is 11.8 Å². The molecule has 0 saturated carbocycles. The van der Waals surface area contributed by atoms with Crippen LogP contribution in [0.1, 0.15) is 22.8 Å². The van der Waals surface area contributed by atoms with Crippen LogP contribution in [0, 0.1) is 11.3 Å². The lowest BCUT2D eigenvalue weighted by atomic mass is 9.80. The van der Waals surface area contributed by atoms with Gasteiger partial charge in [-0.05, 0) is 68.6 Å². The van der Waals surface area contributed by atoms with Crippen molar-refractivity contribution in [3.05, 3.63) is 50.7 Å². The number of carbonyl (C=O) groups excluding carboxylic acids is 1. The van der Waals surface area contributed by atoms with Gasteiger partial charge in [0.25, 0.3) is 0 Å². The van der Waals surface area contributed by atoms with E-state index in [9.17, 15) is 23.2 Å². The van der Waals surface area contributed by atoms with Gasteiger partial charge in [0.2, 0.25) is 5.91 Å². The smallest absolute Gasteiger partial charge is 0.406 e. The molecule has 2 N–H and O–H groups in total. The summed E-state index contributed by atoms with van der Waals surface area (Å²) in [6.07, 6.45) is -3.34. The minimum absolute atomic E-state index is 0.00544. The molecule has 1 aromatic carbocycles. The lowest BCUT2D eigenvalue weighted by molar-refractivity contribution is -0.274. The zero-order valence-electron chi connectivity index (χ0n) is 15.2. The molecular formula is C18H12Br2F3N5O2. The Bertz CT molecular complexity index is 1150. The number of pyridine rings is 1. The monoisotopic (exact) mass is 545 g/mol. The van der Waals surface area contributed by atoms with E-state index in [-0.39, 0.29) is 17.7 Å². The maximum atomic E-state index is 12.6. The standard InChI is InChI=1S/C18H12Br2F3N5O2/c1-17(7-24,8-28-6-14-13(27-28)5-12(19)15(20)26-14)11-4-9(30-18(21,22)23)2-3-10(11)16(25)29/h2-6H,8H2,1H3,(H2,25,29). The van der Waals surface area contributed by atoms with Crippen LogP contribution in [0.3, 0.4) is 0 Å². The van der Waals surface area contributed by atoms with Gasteiger partial charge in [-0.1, -0.05) is 0 Å². The predicted molar refractivity (Wildman–Crippen MR) is 108 cm³/mol. The van der Waals surface area contributed by atoms with Gasteiger partial charge >= 0.3 is 6.36 Å². The van der Waals surface area contributed by atoms with Crippen LogP contribution in [0.15, 0.2) is 39.5 Å². The van der Waals surface area contributed by atoms with Crippen LogP contribution >= 0.6 is 31.9 Å². The zero-order chi connectivity index (χ0) is 22.3. The highest BCUT2D eigenvalue weighted by molar-refractivity contribution is 9.13. The Morgan fingerprint density at radius 3 is 2.60 bits per heavy atom. The molecule has 0 aliphatic rings. The Labute approximate surface area is 184 Å². The lowest BCUT2D eigenvalue weighted by Crippen LogP contribution is -2.30. The van der Waals surface area contributed by atoms with Crippen molar-refractivity contribution in [1.82, 2.24) is 14.8 Å². The summed E-state index contributed by atoms with van der Waals surface area (Å²) in [5.74, 6) is -1.45. The molecule has 0 spiro atoms. The first-order valence-electron chi connectivity index (χ1n) is 8.22. The summed E-state index contributed by atoms with van der Waals surface area (Å²) < 4.78 is 44.5. The highest BCUT2D eigenvalue weighted by Crippen LogP contribution is 2.34. The van der Waals surface area contributed by atoms with Gasteiger partial charge in [-0.2, -0.15) is 10.4 Å². The van der Waals surface area contributed by atoms with Crippen LogP contribution in [0.5, 0.6) is 5.75 Å². The number of hydrogen-bond acceptors (Lipinski definition) is 5. The fourth-order valence-electron chi connectivity index (χ4n) is 2.93. The minimum atomic E-state index is -4.93. The van der Waals surface area contributed by atoms with Gasteiger partial charge in [-0.15, -0.1) is 13.2 Å². The van der Waals surface area contributed by atoms with E-state index < -0.39 is 23.4 Å². The highest BCUT2D eigenvalue weighted by atomic mass is 79.9. The fourth-order valence-corrected chi connectivity index (χ4v) is 3.54. The van der Waals surface area contributed by atoms with Crippen LogP contribution in [0.2, 0.25) is 0 Å². The van der Waals surface area contributed by atoms with Crippen LogP contribution in [-0.4, -0.2) is 27.0 Å². The number of nitriles is 1. The first-order valence-corrected chi connectivity index (χ1v) is 9.81. The first kappa shape index (κ1) is 22.0. The molecule has 156 valence electrons. The van der Waals surface area contributed by atoms with Gasteiger partial charge in [-0.3, -0.25) is 9.48 Å². The number of primary amides is 1. The molecule has 3 aromatic rings. The number of amides is 1. The van der Waals surface area contributed by atoms with Crippen molar-refractivity contribution in [2.24, 2.45) is 5.73 Å². The topological polar surface area (TPSA) is 107 Å². The molecule has 0 fully saturated rings. The molecule has 2 heterocycles. The van der Waals surface area contributed by atoms with E-state index in [1.807, 2.05) is 0 Å². The van der Waals surface area contributed by atoms with E-state index in [0.29, 0.717) is 20.1 Å². The Hall–Kier alpha value is -2.65. The maximum Gasteiger partial charge on any atom is 0.573 e. The molecule has 0 bridgehead atoms. The van der Waals surface area contributed by atoms with Gasteiger partial charge < -0.3 is 10.5 Å². The molecule has 30 heavy (non-hydrogen) atoms. The summed E-state index contributed by atoms with van der Waals surface area (Å²) in [6, 6.07) is 6.83. The van der Waals surface area contributed by atoms with Gasteiger partial charge in [-0.25, -0.2) is 4.98 Å². The zero-order valence-corrected chi connectivity index (χ0v) is 18.3. The Balaban J connectivity index is 2.07. The molecule has 0 aliphatic carbocycles. The molecule has 1 unspecified atom stereocenters. The summed E-state index contributed by atoms with van der Waals surface area (Å²) in [7, 11) is 0. The van der Waals surface area contributed by atoms with Gasteiger partial charge in [0.15, 0.2) is 0 Å². The molecular weight excluding hydrogens is 535 g/mol. The number of ether oxygens (including phenoxy) is 1. The van der Waals surface area contributed by atoms with Gasteiger partial charge in [0.1, 0.15) is 21.4 Å². The summed E-state index contributed by atoms with van der Waals surface area (Å²) in [4.78, 5) is 16.2. The number of aromatic nitrogens is 3. The fraction of sp³-hybridized carbons (Fsp3) is 0.222. The molecule has 1 amide bonds. The van der Waals surface area contributed by atoms with Crippen LogP contribution in [0.4, 0.5) is 13.2 Å². The van der Waals surface area contributed by atoms with E-state index in [1.54, 1.807) is 12.3 Å². The maximum absolute atomic E-state index is 12.6. The summed E-state index contributed by atoms with van der Waals surface area (Å²) in [5, 5.41) is 14.2. The third-order valence-electron chi connectivity index (χ3n) is 4.26. The van der Waals surface area contributed by atoms with Crippen molar-refractivity contribution in [3.63, 3.8) is 0 Å². The lowest BCUT2D eigenvalue weighted by Gasteiger charge is -2.25. The number of benzene rings is 1. The normalized spacial score (nSPS) is 13.6. The van der Waals surface area contributed by atoms with E-state index in [2.05, 4.69) is 52.7 Å². The summed E-state index contributed by atoms with van der Waals surface area (Å²) in [6.45, 7) is 1.39. The highest BCUT2D eigenvalue weighted by Gasteiger charge is 2.35. The number of carbonyl (C=O) groups is 1. The van der Waals surface area contributed by atoms with Crippen molar-refractivity contribution in [2.75, 3.05) is 0 Å².